The molecule has 0 saturated carbocycles. The van der Waals surface area contributed by atoms with Crippen molar-refractivity contribution in [1.29, 1.82) is 0 Å². The van der Waals surface area contributed by atoms with Crippen LogP contribution in [0.5, 0.6) is 0 Å². The maximum absolute atomic E-state index is 12.8. The molecular formula is C33H44NNa9O44S6. The number of hydrogen-bond donors (Lipinski definition) is 6. The van der Waals surface area contributed by atoms with Gasteiger partial charge in [0.15, 0.2) is 49.6 Å². The van der Waals surface area contributed by atoms with E-state index in [0.29, 0.717) is 0 Å². The number of carbonyl (C=O) groups is 3. The first-order valence-corrected chi connectivity index (χ1v) is 30.7. The van der Waals surface area contributed by atoms with Crippen LogP contribution in [-0.4, -0.2) is 289 Å². The van der Waals surface area contributed by atoms with Gasteiger partial charge in [-0.05, 0) is 6.42 Å². The average molecular weight is 1560 g/mol. The summed E-state index contributed by atoms with van der Waals surface area (Å²) in [6, 6.07) is 0. The summed E-state index contributed by atoms with van der Waals surface area (Å²) in [6.45, 7) is -3.88. The van der Waals surface area contributed by atoms with Gasteiger partial charge in [-0.1, -0.05) is 6.92 Å². The second-order valence-electron chi connectivity index (χ2n) is 17.7. The maximum atomic E-state index is 12.8. The van der Waals surface area contributed by atoms with Crippen LogP contribution in [0.25, 0.3) is 0 Å². The Morgan fingerprint density at radius 3 is 1.00 bits per heavy atom. The summed E-state index contributed by atoms with van der Waals surface area (Å²) in [4.78, 5) is 36.9. The van der Waals surface area contributed by atoms with Crippen molar-refractivity contribution in [2.45, 2.75) is 148 Å². The maximum Gasteiger partial charge on any atom is 1.00 e. The van der Waals surface area contributed by atoms with E-state index in [9.17, 15) is 133 Å². The van der Waals surface area contributed by atoms with Crippen LogP contribution in [0.3, 0.4) is 0 Å². The smallest absolute Gasteiger partial charge is 0.726 e. The minimum absolute atomic E-state index is 0. The predicted molar refractivity (Wildman–Crippen MR) is 225 cm³/mol. The van der Waals surface area contributed by atoms with Crippen molar-refractivity contribution in [3.63, 3.8) is 0 Å². The topological polar surface area (TPSA) is 715 Å². The predicted octanol–water partition coefficient (Wildman–Crippen LogP) is -43.1. The molecule has 23 atom stereocenters. The second-order valence-corrected chi connectivity index (χ2v) is 23.8. The standard InChI is InChI=1S/C33H53NO44S6.9Na/c1-2-3-64-19-14(38)23(77-83(58,59)60)32(73-25(19)28(42)43)70-18-11(7-66-80(49,50)51)68-31(22(13(18)37)76-82(55,56)57)72-20-15(39)24(78-84(61,62)63)33(74-26(20)29(44)45)71-17-10(6-65-79(46,47)48)67-30(21(12(17)36)75-81(52,53)54)69-16-8(27(40)41)4-34-5-9(16)35;;;;;;;;;/h8-26,30-39H,2-7H2,1H3,(H,40,41)(H,42,43)(H,44,45)(H,46,47,48)(H,49,50,51)(H,52,53,54)(H,55,56,57)(H,58,59,60)(H,61,62,63);;;;;;;;;/q;9*+1/p-9/t8-,9+,10+,11+,12-,13-,14-,15-,16+,17+,18+,19-,20-,21+,22+,23+,24+,25+,26+,30+,31+,32+,33+;;;;;;;;;/m0........./s1. The molecule has 6 N–H and O–H groups in total. The van der Waals surface area contributed by atoms with Crippen LogP contribution >= 0.6 is 0 Å². The molecule has 45 nitrogen and oxygen atoms in total. The van der Waals surface area contributed by atoms with Gasteiger partial charge in [-0.3, -0.25) is 25.1 Å². The Labute approximate surface area is 727 Å². The molecule has 0 aromatic carbocycles. The summed E-state index contributed by atoms with van der Waals surface area (Å²) in [5.74, 6) is -9.02. The zero-order valence-corrected chi connectivity index (χ0v) is 73.0. The number of nitrogens with one attached hydrogen (secondary N) is 1. The number of rotatable bonds is 28. The summed E-state index contributed by atoms with van der Waals surface area (Å²) in [5, 5.41) is 95.7. The number of carboxylic acids is 3. The van der Waals surface area contributed by atoms with E-state index in [0.717, 1.165) is 0 Å². The zero-order valence-electron chi connectivity index (χ0n) is 50.1. The van der Waals surface area contributed by atoms with Crippen molar-refractivity contribution in [1.82, 2.24) is 5.32 Å². The average Bonchev–Trinajstić information content (AvgIpc) is 0.810. The van der Waals surface area contributed by atoms with Gasteiger partial charge >= 0.3 is 266 Å². The normalized spacial score (nSPS) is 34.9. The molecule has 0 bridgehead atoms. The van der Waals surface area contributed by atoms with Crippen molar-refractivity contribution in [3.8, 4) is 0 Å². The van der Waals surface area contributed by atoms with Crippen LogP contribution in [-0.2, 0) is 145 Å². The number of piperidine rings is 1. The molecule has 0 aliphatic carbocycles. The van der Waals surface area contributed by atoms with Gasteiger partial charge in [0.25, 0.3) is 0 Å². The molecule has 5 rings (SSSR count). The first-order chi connectivity index (χ1) is 38.4. The zero-order chi connectivity index (χ0) is 63.6. The number of carbonyl (C=O) groups excluding carboxylic acids is 3. The minimum Gasteiger partial charge on any atom is -0.726 e. The van der Waals surface area contributed by atoms with Gasteiger partial charge in [-0.2, -0.15) is 0 Å². The van der Waals surface area contributed by atoms with E-state index >= 15 is 0 Å². The van der Waals surface area contributed by atoms with Gasteiger partial charge in [-0.25, -0.2) is 50.5 Å². The second kappa shape index (κ2) is 45.8. The number of β-amino-alcohol motifs (C(OH)–C–C–N with tert-alkyl or cyclic N) is 1. The van der Waals surface area contributed by atoms with Gasteiger partial charge in [0.2, 0.25) is 62.4 Å². The van der Waals surface area contributed by atoms with Gasteiger partial charge in [0.1, 0.15) is 73.2 Å². The Balaban J connectivity index is -0.00000287. The van der Waals surface area contributed by atoms with E-state index < -0.39 is 254 Å². The fourth-order valence-electron chi connectivity index (χ4n) is 8.62. The SMILES string of the molecule is CCCO[C@H]1[C@H](O)[C@@H](OS(=O)(=O)[O-])[C@H](O[C@H]2[C@H](O)[C@@H](OS(=O)(=O)[O-])[C@@H](O[C@H]3[C@H](O)[C@@H](OS(=O)(=O)[O-])[C@H](O[C@H]4[C@H](O)[C@@H](OS(=O)(=O)[O-])[C@@H](O[C@H]5[C@H](O)CNC[C@@H]5C(=O)[O-])O[C@@H]4COS(=O)(=O)[O-])O[C@H]3C(=O)[O-])O[C@@H]2COS(=O)(=O)[O-])O[C@H]1C(=O)[O-].[Na+].[Na+].[Na+].[Na+].[Na+].[Na+].[Na+].[Na+].[Na+]. The quantitative estimate of drug-likeness (QED) is 0.0241. The molecule has 5 fully saturated rings. The summed E-state index contributed by atoms with van der Waals surface area (Å²) in [6.07, 6.45) is -63.8. The molecule has 0 amide bonds. The summed E-state index contributed by atoms with van der Waals surface area (Å²) in [7, 11) is -37.1. The van der Waals surface area contributed by atoms with Gasteiger partial charge in [0, 0.05) is 31.6 Å². The Kier molecular flexibility index (Phi) is 53.0. The van der Waals surface area contributed by atoms with Crippen LogP contribution in [0, 0.1) is 5.92 Å². The molecule has 0 aromatic heterocycles. The number of ether oxygens (including phenoxy) is 9. The summed E-state index contributed by atoms with van der Waals surface area (Å²) >= 11 is 0. The van der Waals surface area contributed by atoms with Crippen LogP contribution < -0.4 is 287 Å². The molecule has 93 heavy (non-hydrogen) atoms. The number of aliphatic carboxylic acids is 3. The Hall–Kier alpha value is 6.03. The fourth-order valence-corrected chi connectivity index (χ4v) is 11.1. The molecule has 5 saturated heterocycles. The summed E-state index contributed by atoms with van der Waals surface area (Å²) in [5.41, 5.74) is 0. The van der Waals surface area contributed by atoms with E-state index in [4.69, 9.17) is 42.6 Å². The molecule has 5 heterocycles. The van der Waals surface area contributed by atoms with Crippen LogP contribution in [0.15, 0.2) is 0 Å². The summed E-state index contributed by atoms with van der Waals surface area (Å²) < 4.78 is 286. The first-order valence-electron chi connectivity index (χ1n) is 22.7. The molecule has 0 spiro atoms. The fraction of sp³-hybridized carbons (Fsp3) is 0.909. The monoisotopic (exact) mass is 1560 g/mol. The van der Waals surface area contributed by atoms with Crippen molar-refractivity contribution >= 4 is 80.3 Å². The van der Waals surface area contributed by atoms with E-state index in [1.54, 1.807) is 0 Å². The number of aliphatic hydroxyl groups excluding tert-OH is 5. The van der Waals surface area contributed by atoms with Gasteiger partial charge in [0.05, 0.1) is 37.4 Å². The molecule has 0 aromatic rings. The van der Waals surface area contributed by atoms with Crippen molar-refractivity contribution in [2.24, 2.45) is 5.92 Å². The van der Waals surface area contributed by atoms with Crippen molar-refractivity contribution < 1.29 is 467 Å². The molecular weight excluding hydrogens is 1510 g/mol. The molecule has 5 aliphatic rings. The Morgan fingerprint density at radius 1 is 0.409 bits per heavy atom. The van der Waals surface area contributed by atoms with Crippen LogP contribution in [0.1, 0.15) is 13.3 Å². The van der Waals surface area contributed by atoms with E-state index in [1.165, 1.54) is 6.92 Å². The van der Waals surface area contributed by atoms with Crippen LogP contribution in [0.4, 0.5) is 0 Å². The molecule has 490 valence electrons. The van der Waals surface area contributed by atoms with Crippen LogP contribution in [0.2, 0.25) is 0 Å². The van der Waals surface area contributed by atoms with Crippen molar-refractivity contribution in [3.05, 3.63) is 0 Å². The van der Waals surface area contributed by atoms with E-state index in [2.05, 4.69) is 30.4 Å². The minimum atomic E-state index is -6.45. The third kappa shape index (κ3) is 33.6. The first kappa shape index (κ1) is 108. The largest absolute Gasteiger partial charge is 1.00 e. The molecule has 60 heteroatoms. The third-order valence-corrected chi connectivity index (χ3v) is 14.6. The van der Waals surface area contributed by atoms with E-state index in [1.807, 2.05) is 0 Å². The van der Waals surface area contributed by atoms with Gasteiger partial charge in [-0.15, -0.1) is 0 Å². The van der Waals surface area contributed by atoms with Gasteiger partial charge < -0.3 is 131 Å². The Bertz CT molecular complexity index is 3020. The Morgan fingerprint density at radius 2 is 0.699 bits per heavy atom. The van der Waals surface area contributed by atoms with Crippen molar-refractivity contribution in [2.75, 3.05) is 32.9 Å². The molecule has 0 unspecified atom stereocenters. The molecule has 5 aliphatic heterocycles. The number of aliphatic hydroxyl groups is 5. The number of carboxylic acid groups (broad SMARTS) is 3. The number of hydrogen-bond acceptors (Lipinski definition) is 45. The molecule has 0 radical (unpaired) electrons. The third-order valence-electron chi connectivity index (χ3n) is 11.9. The van der Waals surface area contributed by atoms with E-state index in [-0.39, 0.29) is 272 Å².